The fraction of sp³-hybridized carbons (Fsp3) is 0.611. The lowest BCUT2D eigenvalue weighted by molar-refractivity contribution is -0.167. The number of aliphatic hydroxyl groups is 1. The third-order valence-electron chi connectivity index (χ3n) is 3.71. The molecule has 0 unspecified atom stereocenters. The minimum atomic E-state index is -0.694. The van der Waals surface area contributed by atoms with Crippen LogP contribution in [0.25, 0.3) is 0 Å². The predicted octanol–water partition coefficient (Wildman–Crippen LogP) is 1.83. The number of hydrogen-bond donors (Lipinski definition) is 2. The van der Waals surface area contributed by atoms with Crippen molar-refractivity contribution in [3.8, 4) is 0 Å². The fourth-order valence-electron chi connectivity index (χ4n) is 2.63. The lowest BCUT2D eigenvalue weighted by atomic mass is 10.1. The van der Waals surface area contributed by atoms with E-state index in [0.29, 0.717) is 6.61 Å². The van der Waals surface area contributed by atoms with Crippen molar-refractivity contribution in [3.63, 3.8) is 0 Å². The molecular formula is C18H27NO6. The minimum Gasteiger partial charge on any atom is -0.444 e. The smallest absolute Gasteiger partial charge is 0.408 e. The van der Waals surface area contributed by atoms with E-state index in [9.17, 15) is 9.90 Å². The summed E-state index contributed by atoms with van der Waals surface area (Å²) < 4.78 is 22.2. The summed E-state index contributed by atoms with van der Waals surface area (Å²) in [7, 11) is 1.49. The SMILES string of the molecule is CO[C@H]1O[C@H](CO)[C@H](NC(=O)OC(C)(C)C)[C@@H]1OCc1ccccc1. The maximum Gasteiger partial charge on any atom is 0.408 e. The van der Waals surface area contributed by atoms with E-state index in [-0.39, 0.29) is 6.61 Å². The maximum atomic E-state index is 12.1. The second-order valence-corrected chi connectivity index (χ2v) is 6.89. The summed E-state index contributed by atoms with van der Waals surface area (Å²) in [6.07, 6.45) is -2.50. The Labute approximate surface area is 148 Å². The summed E-state index contributed by atoms with van der Waals surface area (Å²) in [6.45, 7) is 5.40. The zero-order chi connectivity index (χ0) is 18.4. The molecule has 0 aliphatic carbocycles. The van der Waals surface area contributed by atoms with Gasteiger partial charge in [0.25, 0.3) is 0 Å². The summed E-state index contributed by atoms with van der Waals surface area (Å²) in [6, 6.07) is 9.06. The van der Waals surface area contributed by atoms with Gasteiger partial charge in [-0.1, -0.05) is 30.3 Å². The summed E-state index contributed by atoms with van der Waals surface area (Å²) >= 11 is 0. The molecule has 1 fully saturated rings. The van der Waals surface area contributed by atoms with Crippen molar-refractivity contribution < 1.29 is 28.8 Å². The van der Waals surface area contributed by atoms with Gasteiger partial charge in [-0.2, -0.15) is 0 Å². The van der Waals surface area contributed by atoms with Gasteiger partial charge in [0.05, 0.1) is 19.3 Å². The zero-order valence-electron chi connectivity index (χ0n) is 15.1. The monoisotopic (exact) mass is 353 g/mol. The number of hydrogen-bond acceptors (Lipinski definition) is 6. The van der Waals surface area contributed by atoms with E-state index in [1.54, 1.807) is 20.8 Å². The Morgan fingerprint density at radius 2 is 1.96 bits per heavy atom. The van der Waals surface area contributed by atoms with Gasteiger partial charge in [0.1, 0.15) is 17.8 Å². The van der Waals surface area contributed by atoms with Crippen LogP contribution in [0.5, 0.6) is 0 Å². The van der Waals surface area contributed by atoms with Crippen molar-refractivity contribution in [2.75, 3.05) is 13.7 Å². The second kappa shape index (κ2) is 8.62. The minimum absolute atomic E-state index is 0.272. The lowest BCUT2D eigenvalue weighted by Gasteiger charge is -2.26. The Bertz CT molecular complexity index is 544. The highest BCUT2D eigenvalue weighted by molar-refractivity contribution is 5.68. The van der Waals surface area contributed by atoms with Crippen LogP contribution in [0.15, 0.2) is 30.3 Å². The number of benzene rings is 1. The number of carbonyl (C=O) groups is 1. The Hall–Kier alpha value is -1.67. The molecule has 1 aromatic carbocycles. The first-order valence-electron chi connectivity index (χ1n) is 8.28. The van der Waals surface area contributed by atoms with Crippen molar-refractivity contribution in [1.82, 2.24) is 5.32 Å². The average molecular weight is 353 g/mol. The molecule has 0 radical (unpaired) electrons. The number of nitrogens with one attached hydrogen (secondary N) is 1. The molecule has 4 atom stereocenters. The molecule has 1 aliphatic heterocycles. The van der Waals surface area contributed by atoms with Gasteiger partial charge in [-0.25, -0.2) is 4.79 Å². The van der Waals surface area contributed by atoms with Crippen LogP contribution >= 0.6 is 0 Å². The number of rotatable bonds is 6. The van der Waals surface area contributed by atoms with Gasteiger partial charge in [-0.3, -0.25) is 0 Å². The van der Waals surface area contributed by atoms with E-state index < -0.39 is 36.2 Å². The van der Waals surface area contributed by atoms with Gasteiger partial charge >= 0.3 is 6.09 Å². The first-order valence-corrected chi connectivity index (χ1v) is 8.28. The van der Waals surface area contributed by atoms with E-state index in [2.05, 4.69) is 5.32 Å². The molecule has 0 aromatic heterocycles. The largest absolute Gasteiger partial charge is 0.444 e. The fourth-order valence-corrected chi connectivity index (χ4v) is 2.63. The van der Waals surface area contributed by atoms with Crippen LogP contribution < -0.4 is 5.32 Å². The van der Waals surface area contributed by atoms with Crippen LogP contribution in [0.3, 0.4) is 0 Å². The number of alkyl carbamates (subject to hydrolysis) is 1. The number of amides is 1. The van der Waals surface area contributed by atoms with Crippen LogP contribution in [-0.2, 0) is 25.6 Å². The molecule has 7 heteroatoms. The summed E-state index contributed by atoms with van der Waals surface area (Å²) in [5.41, 5.74) is 0.361. The third-order valence-corrected chi connectivity index (χ3v) is 3.71. The molecule has 1 amide bonds. The molecule has 0 bridgehead atoms. The van der Waals surface area contributed by atoms with Crippen LogP contribution in [0.1, 0.15) is 26.3 Å². The average Bonchev–Trinajstić information content (AvgIpc) is 2.88. The Morgan fingerprint density at radius 1 is 1.28 bits per heavy atom. The molecule has 1 heterocycles. The van der Waals surface area contributed by atoms with Crippen LogP contribution in [0, 0.1) is 0 Å². The van der Waals surface area contributed by atoms with E-state index in [1.165, 1.54) is 7.11 Å². The normalized spacial score (nSPS) is 26.4. The molecule has 25 heavy (non-hydrogen) atoms. The van der Waals surface area contributed by atoms with E-state index >= 15 is 0 Å². The van der Waals surface area contributed by atoms with Gasteiger partial charge in [-0.15, -0.1) is 0 Å². The molecular weight excluding hydrogens is 326 g/mol. The predicted molar refractivity (Wildman–Crippen MR) is 90.9 cm³/mol. The quantitative estimate of drug-likeness (QED) is 0.811. The van der Waals surface area contributed by atoms with Crippen molar-refractivity contribution in [2.24, 2.45) is 0 Å². The molecule has 0 spiro atoms. The molecule has 1 aromatic rings. The van der Waals surface area contributed by atoms with E-state index in [0.717, 1.165) is 5.56 Å². The van der Waals surface area contributed by atoms with Gasteiger partial charge in [0.2, 0.25) is 0 Å². The summed E-state index contributed by atoms with van der Waals surface area (Å²) in [5, 5.41) is 12.3. The maximum absolute atomic E-state index is 12.1. The molecule has 1 saturated heterocycles. The van der Waals surface area contributed by atoms with Crippen LogP contribution in [-0.4, -0.2) is 55.1 Å². The number of methoxy groups -OCH3 is 1. The highest BCUT2D eigenvalue weighted by Crippen LogP contribution is 2.26. The van der Waals surface area contributed by atoms with Gasteiger partial charge in [-0.05, 0) is 26.3 Å². The zero-order valence-corrected chi connectivity index (χ0v) is 15.1. The number of aliphatic hydroxyl groups excluding tert-OH is 1. The van der Waals surface area contributed by atoms with E-state index in [1.807, 2.05) is 30.3 Å². The molecule has 2 rings (SSSR count). The Morgan fingerprint density at radius 3 is 2.52 bits per heavy atom. The van der Waals surface area contributed by atoms with Gasteiger partial charge in [0.15, 0.2) is 6.29 Å². The third kappa shape index (κ3) is 5.67. The Balaban J connectivity index is 2.06. The van der Waals surface area contributed by atoms with Crippen LogP contribution in [0.2, 0.25) is 0 Å². The summed E-state index contributed by atoms with van der Waals surface area (Å²) in [4.78, 5) is 12.1. The van der Waals surface area contributed by atoms with Crippen molar-refractivity contribution in [1.29, 1.82) is 0 Å². The molecule has 7 nitrogen and oxygen atoms in total. The molecule has 1 aliphatic rings. The van der Waals surface area contributed by atoms with E-state index in [4.69, 9.17) is 18.9 Å². The molecule has 2 N–H and O–H groups in total. The molecule has 0 saturated carbocycles. The van der Waals surface area contributed by atoms with Crippen molar-refractivity contribution in [3.05, 3.63) is 35.9 Å². The topological polar surface area (TPSA) is 86.2 Å². The van der Waals surface area contributed by atoms with Crippen molar-refractivity contribution in [2.45, 2.75) is 57.5 Å². The van der Waals surface area contributed by atoms with Crippen molar-refractivity contribution >= 4 is 6.09 Å². The number of ether oxygens (including phenoxy) is 4. The second-order valence-electron chi connectivity index (χ2n) is 6.89. The standard InChI is InChI=1S/C18H27NO6/c1-18(2,3)25-17(21)19-14-13(10-20)24-16(22-4)15(14)23-11-12-8-6-5-7-9-12/h5-9,13-16,20H,10-11H2,1-4H3,(H,19,21)/t13-,14+,15+,16+/m1/s1. The van der Waals surface area contributed by atoms with Gasteiger partial charge in [0, 0.05) is 7.11 Å². The highest BCUT2D eigenvalue weighted by atomic mass is 16.7. The number of carbonyl (C=O) groups excluding carboxylic acids is 1. The van der Waals surface area contributed by atoms with Crippen LogP contribution in [0.4, 0.5) is 4.79 Å². The highest BCUT2D eigenvalue weighted by Gasteiger charge is 2.46. The lowest BCUT2D eigenvalue weighted by Crippen LogP contribution is -2.51. The first-order chi connectivity index (χ1) is 11.8. The summed E-state index contributed by atoms with van der Waals surface area (Å²) in [5.74, 6) is 0. The van der Waals surface area contributed by atoms with Gasteiger partial charge < -0.3 is 29.4 Å². The Kier molecular flexibility index (Phi) is 6.78. The molecule has 140 valence electrons. The first kappa shape index (κ1) is 19.7.